The molecule has 1 rings (SSSR count). The molecule has 0 radical (unpaired) electrons. The molecule has 0 unspecified atom stereocenters. The summed E-state index contributed by atoms with van der Waals surface area (Å²) in [5.41, 5.74) is -0.570. The van der Waals surface area contributed by atoms with Gasteiger partial charge in [-0.2, -0.15) is 0 Å². The number of hydrogen-bond acceptors (Lipinski definition) is 1. The smallest absolute Gasteiger partial charge is 0.445 e. The maximum absolute atomic E-state index is 12.2. The molecule has 14 heavy (non-hydrogen) atoms. The SMILES string of the molecule is C=C(CN1CCC(C)CC1)[B-](F)(F)F. The quantitative estimate of drug-likeness (QED) is 0.641. The molecular weight excluding hydrogens is 190 g/mol. The van der Waals surface area contributed by atoms with Crippen LogP contribution in [0.4, 0.5) is 12.9 Å². The summed E-state index contributed by atoms with van der Waals surface area (Å²) in [4.78, 5) is 1.84. The molecule has 0 atom stereocenters. The monoisotopic (exact) mass is 206 g/mol. The molecular formula is C9H16BF3N-. The van der Waals surface area contributed by atoms with Crippen LogP contribution in [0, 0.1) is 5.92 Å². The van der Waals surface area contributed by atoms with E-state index in [4.69, 9.17) is 0 Å². The van der Waals surface area contributed by atoms with Gasteiger partial charge >= 0.3 is 6.98 Å². The third-order valence-electron chi connectivity index (χ3n) is 2.77. The van der Waals surface area contributed by atoms with E-state index < -0.39 is 12.4 Å². The Hall–Kier alpha value is -0.445. The first-order valence-electron chi connectivity index (χ1n) is 4.99. The molecule has 1 saturated heterocycles. The third-order valence-corrected chi connectivity index (χ3v) is 2.77. The molecule has 1 aliphatic heterocycles. The van der Waals surface area contributed by atoms with Crippen molar-refractivity contribution >= 4 is 6.98 Å². The van der Waals surface area contributed by atoms with Gasteiger partial charge in [-0.15, -0.1) is 12.1 Å². The van der Waals surface area contributed by atoms with Gasteiger partial charge in [0, 0.05) is 0 Å². The van der Waals surface area contributed by atoms with Gasteiger partial charge in [0.2, 0.25) is 0 Å². The lowest BCUT2D eigenvalue weighted by atomic mass is 9.80. The van der Waals surface area contributed by atoms with Crippen LogP contribution >= 0.6 is 0 Å². The first kappa shape index (κ1) is 11.6. The van der Waals surface area contributed by atoms with Crippen molar-refractivity contribution in [2.24, 2.45) is 5.92 Å². The largest absolute Gasteiger partial charge is 0.506 e. The second-order valence-corrected chi connectivity index (χ2v) is 4.19. The summed E-state index contributed by atoms with van der Waals surface area (Å²) in [5, 5.41) is 0. The van der Waals surface area contributed by atoms with Crippen LogP contribution in [0.25, 0.3) is 0 Å². The Morgan fingerprint density at radius 2 is 1.86 bits per heavy atom. The molecule has 0 saturated carbocycles. The highest BCUT2D eigenvalue weighted by Crippen LogP contribution is 2.22. The fourth-order valence-electron chi connectivity index (χ4n) is 1.61. The van der Waals surface area contributed by atoms with Gasteiger partial charge in [-0.25, -0.2) is 0 Å². The molecule has 0 amide bonds. The number of rotatable bonds is 3. The summed E-state index contributed by atoms with van der Waals surface area (Å²) in [5.74, 6) is 0.649. The number of piperidine rings is 1. The van der Waals surface area contributed by atoms with E-state index >= 15 is 0 Å². The molecule has 0 aliphatic carbocycles. The van der Waals surface area contributed by atoms with Crippen LogP contribution in [0.3, 0.4) is 0 Å². The molecule has 5 heteroatoms. The van der Waals surface area contributed by atoms with Crippen molar-refractivity contribution in [3.63, 3.8) is 0 Å². The highest BCUT2D eigenvalue weighted by Gasteiger charge is 2.28. The fourth-order valence-corrected chi connectivity index (χ4v) is 1.61. The van der Waals surface area contributed by atoms with E-state index in [0.717, 1.165) is 25.9 Å². The molecule has 1 heterocycles. The average Bonchev–Trinajstić information content (AvgIpc) is 2.07. The Bertz CT molecular complexity index is 207. The maximum Gasteiger partial charge on any atom is 0.506 e. The summed E-state index contributed by atoms with van der Waals surface area (Å²) >= 11 is 0. The van der Waals surface area contributed by atoms with Gasteiger partial charge in [-0.3, -0.25) is 0 Å². The van der Waals surface area contributed by atoms with Crippen LogP contribution in [0.1, 0.15) is 19.8 Å². The number of hydrogen-bond donors (Lipinski definition) is 0. The van der Waals surface area contributed by atoms with Crippen molar-refractivity contribution in [2.75, 3.05) is 19.6 Å². The number of nitrogens with zero attached hydrogens (tertiary/aromatic N) is 1. The van der Waals surface area contributed by atoms with E-state index in [2.05, 4.69) is 13.5 Å². The maximum atomic E-state index is 12.2. The van der Waals surface area contributed by atoms with Crippen LogP contribution in [-0.4, -0.2) is 31.5 Å². The highest BCUT2D eigenvalue weighted by atomic mass is 19.4. The standard InChI is InChI=1S/C9H16BF3N/c1-8-3-5-14(6-4-8)7-9(2)10(11,12)13/h8H,2-7H2,1H3/q-1. The zero-order valence-electron chi connectivity index (χ0n) is 8.48. The molecule has 82 valence electrons. The average molecular weight is 206 g/mol. The van der Waals surface area contributed by atoms with Crippen molar-refractivity contribution in [1.82, 2.24) is 4.90 Å². The van der Waals surface area contributed by atoms with E-state index in [1.165, 1.54) is 0 Å². The van der Waals surface area contributed by atoms with E-state index in [0.29, 0.717) is 5.92 Å². The fraction of sp³-hybridized carbons (Fsp3) is 0.778. The Morgan fingerprint density at radius 3 is 2.29 bits per heavy atom. The Morgan fingerprint density at radius 1 is 1.36 bits per heavy atom. The minimum absolute atomic E-state index is 0.00375. The van der Waals surface area contributed by atoms with Gasteiger partial charge < -0.3 is 17.8 Å². The first-order valence-corrected chi connectivity index (χ1v) is 4.99. The zero-order chi connectivity index (χ0) is 10.8. The number of likely N-dealkylation sites (tertiary alicyclic amines) is 1. The van der Waals surface area contributed by atoms with Gasteiger partial charge in [0.05, 0.1) is 0 Å². The molecule has 0 spiro atoms. The van der Waals surface area contributed by atoms with Gasteiger partial charge in [0.1, 0.15) is 0 Å². The summed E-state index contributed by atoms with van der Waals surface area (Å²) in [6, 6.07) is 0. The van der Waals surface area contributed by atoms with E-state index in [-0.39, 0.29) is 6.54 Å². The lowest BCUT2D eigenvalue weighted by Crippen LogP contribution is -2.37. The van der Waals surface area contributed by atoms with Crippen molar-refractivity contribution in [1.29, 1.82) is 0 Å². The molecule has 0 aromatic rings. The minimum atomic E-state index is -4.85. The Labute approximate surface area is 83.0 Å². The molecule has 0 aromatic carbocycles. The second kappa shape index (κ2) is 4.38. The highest BCUT2D eigenvalue weighted by molar-refractivity contribution is 6.66. The van der Waals surface area contributed by atoms with E-state index in [1.807, 2.05) is 4.90 Å². The third kappa shape index (κ3) is 3.37. The topological polar surface area (TPSA) is 3.24 Å². The molecule has 1 fully saturated rings. The van der Waals surface area contributed by atoms with Crippen molar-refractivity contribution in [3.8, 4) is 0 Å². The predicted octanol–water partition coefficient (Wildman–Crippen LogP) is 2.66. The molecule has 0 bridgehead atoms. The molecule has 0 aromatic heterocycles. The van der Waals surface area contributed by atoms with Crippen LogP contribution in [0.5, 0.6) is 0 Å². The van der Waals surface area contributed by atoms with Crippen molar-refractivity contribution in [2.45, 2.75) is 19.8 Å². The Balaban J connectivity index is 2.35. The summed E-state index contributed by atoms with van der Waals surface area (Å²) in [7, 11) is 0. The summed E-state index contributed by atoms with van der Waals surface area (Å²) in [6.45, 7) is 1.93. The second-order valence-electron chi connectivity index (χ2n) is 4.19. The van der Waals surface area contributed by atoms with E-state index in [9.17, 15) is 12.9 Å². The van der Waals surface area contributed by atoms with Crippen LogP contribution < -0.4 is 0 Å². The van der Waals surface area contributed by atoms with Crippen molar-refractivity contribution < 1.29 is 12.9 Å². The van der Waals surface area contributed by atoms with Gasteiger partial charge in [-0.1, -0.05) is 6.92 Å². The number of halogens is 3. The predicted molar refractivity (Wildman–Crippen MR) is 53.1 cm³/mol. The molecule has 1 nitrogen and oxygen atoms in total. The normalized spacial score (nSPS) is 21.1. The van der Waals surface area contributed by atoms with Gasteiger partial charge in [0.25, 0.3) is 0 Å². The minimum Gasteiger partial charge on any atom is -0.445 e. The van der Waals surface area contributed by atoms with Gasteiger partial charge in [-0.05, 0) is 38.4 Å². The van der Waals surface area contributed by atoms with Crippen molar-refractivity contribution in [3.05, 3.63) is 12.1 Å². The van der Waals surface area contributed by atoms with Crippen LogP contribution in [0.2, 0.25) is 0 Å². The van der Waals surface area contributed by atoms with Gasteiger partial charge in [0.15, 0.2) is 0 Å². The lowest BCUT2D eigenvalue weighted by molar-refractivity contribution is 0.206. The van der Waals surface area contributed by atoms with Crippen LogP contribution in [-0.2, 0) is 0 Å². The Kier molecular flexibility index (Phi) is 3.64. The summed E-state index contributed by atoms with van der Waals surface area (Å²) in [6.07, 6.45) is 2.00. The lowest BCUT2D eigenvalue weighted by Gasteiger charge is -2.32. The van der Waals surface area contributed by atoms with E-state index in [1.54, 1.807) is 0 Å². The first-order chi connectivity index (χ1) is 6.39. The summed E-state index contributed by atoms with van der Waals surface area (Å²) < 4.78 is 36.7. The molecule has 0 N–H and O–H groups in total. The zero-order valence-corrected chi connectivity index (χ0v) is 8.48. The van der Waals surface area contributed by atoms with Crippen LogP contribution in [0.15, 0.2) is 12.1 Å². The molecule has 1 aliphatic rings.